The largest absolute Gasteiger partial charge is 0.282 e. The van der Waals surface area contributed by atoms with Crippen LogP contribution in [0.25, 0.3) is 0 Å². The van der Waals surface area contributed by atoms with E-state index in [9.17, 15) is 16.8 Å². The molecule has 1 rings (SSSR count). The van der Waals surface area contributed by atoms with Gasteiger partial charge in [0, 0.05) is 0 Å². The third kappa shape index (κ3) is 3.43. The van der Waals surface area contributed by atoms with Gasteiger partial charge >= 0.3 is 0 Å². The summed E-state index contributed by atoms with van der Waals surface area (Å²) < 4.78 is 47.4. The Bertz CT molecular complexity index is 702. The summed E-state index contributed by atoms with van der Waals surface area (Å²) in [7, 11) is -7.74. The van der Waals surface area contributed by atoms with E-state index in [1.54, 1.807) is 0 Å². The number of sulfonamides is 2. The zero-order valence-electron chi connectivity index (χ0n) is 9.41. The monoisotopic (exact) mass is 289 g/mol. The van der Waals surface area contributed by atoms with E-state index in [2.05, 4.69) is 4.72 Å². The van der Waals surface area contributed by atoms with Crippen LogP contribution in [-0.4, -0.2) is 22.6 Å². The lowest BCUT2D eigenvalue weighted by atomic mass is 10.2. The van der Waals surface area contributed by atoms with Gasteiger partial charge in [-0.2, -0.15) is 5.26 Å². The van der Waals surface area contributed by atoms with Gasteiger partial charge < -0.3 is 0 Å². The molecule has 0 aliphatic rings. The lowest BCUT2D eigenvalue weighted by molar-refractivity contribution is 0.596. The fraction of sp³-hybridized carbons (Fsp3) is 0.222. The molecule has 1 aromatic carbocycles. The van der Waals surface area contributed by atoms with Crippen LogP contribution in [0.15, 0.2) is 23.1 Å². The maximum Gasteiger partial charge on any atom is 0.246 e. The fourth-order valence-electron chi connectivity index (χ4n) is 1.32. The van der Waals surface area contributed by atoms with Crippen molar-refractivity contribution < 1.29 is 16.8 Å². The predicted octanol–water partition coefficient (Wildman–Crippen LogP) is -0.0923. The summed E-state index contributed by atoms with van der Waals surface area (Å²) in [4.78, 5) is -0.167. The van der Waals surface area contributed by atoms with Crippen LogP contribution in [0.2, 0.25) is 0 Å². The van der Waals surface area contributed by atoms with Crippen LogP contribution in [0.5, 0.6) is 0 Å². The highest BCUT2D eigenvalue weighted by Crippen LogP contribution is 2.22. The maximum absolute atomic E-state index is 11.4. The molecule has 0 amide bonds. The maximum atomic E-state index is 11.4. The second kappa shape index (κ2) is 4.93. The van der Waals surface area contributed by atoms with Gasteiger partial charge in [-0.3, -0.25) is 4.72 Å². The summed E-state index contributed by atoms with van der Waals surface area (Å²) in [5, 5.41) is 13.3. The lowest BCUT2D eigenvalue weighted by Crippen LogP contribution is -2.18. The Morgan fingerprint density at radius 1 is 1.33 bits per heavy atom. The van der Waals surface area contributed by atoms with E-state index in [4.69, 9.17) is 10.4 Å². The summed E-state index contributed by atoms with van der Waals surface area (Å²) in [5.41, 5.74) is 0.262. The van der Waals surface area contributed by atoms with Crippen LogP contribution in [0.1, 0.15) is 5.56 Å². The van der Waals surface area contributed by atoms with E-state index >= 15 is 0 Å². The minimum Gasteiger partial charge on any atom is -0.282 e. The molecule has 0 saturated heterocycles. The summed E-state index contributed by atoms with van der Waals surface area (Å²) >= 11 is 0. The molecule has 7 nitrogen and oxygen atoms in total. The number of anilines is 1. The zero-order valence-corrected chi connectivity index (χ0v) is 11.0. The number of rotatable bonds is 4. The topological polar surface area (TPSA) is 130 Å². The van der Waals surface area contributed by atoms with E-state index in [0.29, 0.717) is 0 Å². The van der Waals surface area contributed by atoms with E-state index in [-0.39, 0.29) is 16.1 Å². The van der Waals surface area contributed by atoms with Crippen molar-refractivity contribution in [2.75, 3.05) is 10.5 Å². The van der Waals surface area contributed by atoms with Crippen molar-refractivity contribution in [3.8, 4) is 6.07 Å². The molecule has 0 saturated carbocycles. The van der Waals surface area contributed by atoms with E-state index in [1.165, 1.54) is 31.2 Å². The second-order valence-corrected chi connectivity index (χ2v) is 6.75. The van der Waals surface area contributed by atoms with E-state index < -0.39 is 25.8 Å². The Morgan fingerprint density at radius 2 is 1.94 bits per heavy atom. The Morgan fingerprint density at radius 3 is 2.44 bits per heavy atom. The first-order chi connectivity index (χ1) is 8.17. The van der Waals surface area contributed by atoms with Crippen LogP contribution >= 0.6 is 0 Å². The van der Waals surface area contributed by atoms with Crippen LogP contribution in [0.3, 0.4) is 0 Å². The van der Waals surface area contributed by atoms with Gasteiger partial charge in [0.1, 0.15) is 0 Å². The molecule has 1 aromatic rings. The van der Waals surface area contributed by atoms with Crippen molar-refractivity contribution in [3.63, 3.8) is 0 Å². The van der Waals surface area contributed by atoms with Gasteiger partial charge in [-0.15, -0.1) is 0 Å². The molecule has 9 heteroatoms. The molecule has 3 N–H and O–H groups in total. The number of nitrogens with two attached hydrogens (primary N) is 1. The van der Waals surface area contributed by atoms with Crippen molar-refractivity contribution in [2.24, 2.45) is 5.14 Å². The number of hydrogen-bond donors (Lipinski definition) is 2. The summed E-state index contributed by atoms with van der Waals surface area (Å²) in [6.45, 7) is 1.42. The highest BCUT2D eigenvalue weighted by atomic mass is 32.2. The SMILES string of the molecule is Cc1c(NS(=O)(=O)CC#N)cccc1S(N)(=O)=O. The summed E-state index contributed by atoms with van der Waals surface area (Å²) in [5.74, 6) is -0.716. The lowest BCUT2D eigenvalue weighted by Gasteiger charge is -2.11. The van der Waals surface area contributed by atoms with E-state index in [0.717, 1.165) is 0 Å². The van der Waals surface area contributed by atoms with Crippen LogP contribution in [-0.2, 0) is 20.0 Å². The normalized spacial score (nSPS) is 11.8. The minimum atomic E-state index is -3.92. The number of benzene rings is 1. The van der Waals surface area contributed by atoms with Crippen molar-refractivity contribution in [2.45, 2.75) is 11.8 Å². The Kier molecular flexibility index (Phi) is 3.95. The van der Waals surface area contributed by atoms with Gasteiger partial charge in [-0.05, 0) is 24.6 Å². The third-order valence-corrected chi connectivity index (χ3v) is 4.21. The number of nitriles is 1. The first-order valence-corrected chi connectivity index (χ1v) is 7.87. The molecule has 0 radical (unpaired) electrons. The van der Waals surface area contributed by atoms with Crippen molar-refractivity contribution in [1.29, 1.82) is 5.26 Å². The molecule has 18 heavy (non-hydrogen) atoms. The average molecular weight is 289 g/mol. The standard InChI is InChI=1S/C9H11N3O4S2/c1-7-8(12-17(13,14)6-5-10)3-2-4-9(7)18(11,15)16/h2-4,12H,6H2,1H3,(H2,11,15,16). The number of primary sulfonamides is 1. The zero-order chi connectivity index (χ0) is 14.0. The van der Waals surface area contributed by atoms with Gasteiger partial charge in [-0.1, -0.05) is 6.07 Å². The third-order valence-electron chi connectivity index (χ3n) is 2.11. The highest BCUT2D eigenvalue weighted by molar-refractivity contribution is 7.92. The van der Waals surface area contributed by atoms with Crippen molar-refractivity contribution in [1.82, 2.24) is 0 Å². The second-order valence-electron chi connectivity index (χ2n) is 3.49. The molecule has 0 aliphatic carbocycles. The number of nitrogens with zero attached hydrogens (tertiary/aromatic N) is 1. The summed E-state index contributed by atoms with van der Waals surface area (Å²) in [6.07, 6.45) is 0. The van der Waals surface area contributed by atoms with Gasteiger partial charge in [0.05, 0.1) is 16.7 Å². The van der Waals surface area contributed by atoms with Gasteiger partial charge in [-0.25, -0.2) is 22.0 Å². The van der Waals surface area contributed by atoms with Crippen LogP contribution < -0.4 is 9.86 Å². The number of hydrogen-bond acceptors (Lipinski definition) is 5. The Balaban J connectivity index is 3.27. The molecule has 0 atom stereocenters. The molecule has 0 aliphatic heterocycles. The van der Waals surface area contributed by atoms with Crippen LogP contribution in [0.4, 0.5) is 5.69 Å². The highest BCUT2D eigenvalue weighted by Gasteiger charge is 2.17. The van der Waals surface area contributed by atoms with Crippen molar-refractivity contribution >= 4 is 25.7 Å². The Hall–Kier alpha value is -1.63. The van der Waals surface area contributed by atoms with Gasteiger partial charge in [0.2, 0.25) is 20.0 Å². The first-order valence-electron chi connectivity index (χ1n) is 4.67. The minimum absolute atomic E-state index is 0.0803. The molecule has 0 bridgehead atoms. The molecule has 0 unspecified atom stereocenters. The average Bonchev–Trinajstić information content (AvgIpc) is 2.18. The quantitative estimate of drug-likeness (QED) is 0.799. The smallest absolute Gasteiger partial charge is 0.246 e. The predicted molar refractivity (Wildman–Crippen MR) is 65.6 cm³/mol. The van der Waals surface area contributed by atoms with E-state index in [1.807, 2.05) is 0 Å². The van der Waals surface area contributed by atoms with Crippen LogP contribution in [0, 0.1) is 18.3 Å². The molecule has 0 heterocycles. The summed E-state index contributed by atoms with van der Waals surface area (Å²) in [6, 6.07) is 5.52. The molecule has 0 spiro atoms. The first kappa shape index (κ1) is 14.4. The van der Waals surface area contributed by atoms with Gasteiger partial charge in [0.25, 0.3) is 0 Å². The Labute approximate surface area is 105 Å². The fourth-order valence-corrected chi connectivity index (χ4v) is 2.93. The van der Waals surface area contributed by atoms with Gasteiger partial charge in [0.15, 0.2) is 5.75 Å². The molecule has 0 aromatic heterocycles. The molecular weight excluding hydrogens is 278 g/mol. The molecular formula is C9H11N3O4S2. The van der Waals surface area contributed by atoms with Crippen molar-refractivity contribution in [3.05, 3.63) is 23.8 Å². The molecule has 98 valence electrons. The molecule has 0 fully saturated rings. The number of nitrogens with one attached hydrogen (secondary N) is 1.